The van der Waals surface area contributed by atoms with Crippen LogP contribution in [0.1, 0.15) is 36.7 Å². The quantitative estimate of drug-likeness (QED) is 0.744. The second-order valence-corrected chi connectivity index (χ2v) is 6.29. The van der Waals surface area contributed by atoms with Crippen LogP contribution in [0, 0.1) is 6.92 Å². The van der Waals surface area contributed by atoms with E-state index >= 15 is 0 Å². The van der Waals surface area contributed by atoms with E-state index in [1.54, 1.807) is 17.2 Å². The van der Waals surface area contributed by atoms with E-state index < -0.39 is 0 Å². The number of aromatic nitrogens is 1. The van der Waals surface area contributed by atoms with E-state index in [1.807, 2.05) is 44.2 Å². The molecule has 0 bridgehead atoms. The molecule has 0 saturated heterocycles. The van der Waals surface area contributed by atoms with Gasteiger partial charge < -0.3 is 14.3 Å². The molecule has 0 aliphatic rings. The number of H-pyrrole nitrogens is 1. The Morgan fingerprint density at radius 3 is 2.76 bits per heavy atom. The number of fused-ring (bicyclic) bond motifs is 1. The first kappa shape index (κ1) is 17.0. The number of aromatic amines is 1. The highest BCUT2D eigenvalue weighted by Crippen LogP contribution is 2.16. The predicted octanol–water partition coefficient (Wildman–Crippen LogP) is 3.76. The van der Waals surface area contributed by atoms with E-state index in [1.165, 1.54) is 0 Å². The molecule has 25 heavy (non-hydrogen) atoms. The summed E-state index contributed by atoms with van der Waals surface area (Å²) in [6.45, 7) is 4.57. The minimum atomic E-state index is -0.160. The van der Waals surface area contributed by atoms with E-state index in [0.717, 1.165) is 22.9 Å². The first-order valence-electron chi connectivity index (χ1n) is 8.49. The van der Waals surface area contributed by atoms with Crippen molar-refractivity contribution in [2.24, 2.45) is 0 Å². The molecule has 0 spiro atoms. The zero-order chi connectivity index (χ0) is 17.8. The molecule has 1 amide bonds. The van der Waals surface area contributed by atoms with Crippen molar-refractivity contribution in [3.63, 3.8) is 0 Å². The molecule has 0 saturated carbocycles. The molecule has 2 aromatic heterocycles. The summed E-state index contributed by atoms with van der Waals surface area (Å²) in [6.07, 6.45) is 2.80. The largest absolute Gasteiger partial charge is 0.467 e. The summed E-state index contributed by atoms with van der Waals surface area (Å²) in [7, 11) is 0. The molecule has 1 N–H and O–H groups in total. The summed E-state index contributed by atoms with van der Waals surface area (Å²) in [5.74, 6) is 0.722. The van der Waals surface area contributed by atoms with Crippen molar-refractivity contribution in [2.45, 2.75) is 39.8 Å². The van der Waals surface area contributed by atoms with Crippen molar-refractivity contribution in [1.82, 2.24) is 9.88 Å². The van der Waals surface area contributed by atoms with Crippen LogP contribution in [0.2, 0.25) is 0 Å². The lowest BCUT2D eigenvalue weighted by Gasteiger charge is -2.21. The fraction of sp³-hybridized carbons (Fsp3) is 0.300. The number of carbonyl (C=O) groups is 1. The highest BCUT2D eigenvalue weighted by Gasteiger charge is 2.17. The van der Waals surface area contributed by atoms with Gasteiger partial charge in [-0.3, -0.25) is 9.59 Å². The van der Waals surface area contributed by atoms with Gasteiger partial charge in [0, 0.05) is 17.5 Å². The Kier molecular flexibility index (Phi) is 5.03. The summed E-state index contributed by atoms with van der Waals surface area (Å²) in [5.41, 5.74) is 2.32. The van der Waals surface area contributed by atoms with Crippen LogP contribution < -0.4 is 5.56 Å². The number of hydrogen-bond acceptors (Lipinski definition) is 3. The lowest BCUT2D eigenvalue weighted by atomic mass is 10.1. The monoisotopic (exact) mass is 338 g/mol. The average Bonchev–Trinajstić information content (AvgIpc) is 3.08. The Morgan fingerprint density at radius 1 is 1.20 bits per heavy atom. The highest BCUT2D eigenvalue weighted by molar-refractivity contribution is 5.80. The third-order valence-electron chi connectivity index (χ3n) is 4.18. The summed E-state index contributed by atoms with van der Waals surface area (Å²) >= 11 is 0. The minimum Gasteiger partial charge on any atom is -0.467 e. The van der Waals surface area contributed by atoms with Crippen molar-refractivity contribution in [1.29, 1.82) is 0 Å². The SMILES string of the molecule is CCCC(=O)N(Cc1ccco1)Cc1cc2ccc(C)cc2[nH]c1=O. The molecule has 0 radical (unpaired) electrons. The Balaban J connectivity index is 1.91. The number of aryl methyl sites for hydroxylation is 1. The lowest BCUT2D eigenvalue weighted by molar-refractivity contribution is -0.132. The van der Waals surface area contributed by atoms with Gasteiger partial charge in [0.15, 0.2) is 0 Å². The zero-order valence-electron chi connectivity index (χ0n) is 14.5. The van der Waals surface area contributed by atoms with Crippen LogP contribution in [0.15, 0.2) is 51.9 Å². The second kappa shape index (κ2) is 7.38. The van der Waals surface area contributed by atoms with E-state index in [2.05, 4.69) is 4.98 Å². The zero-order valence-corrected chi connectivity index (χ0v) is 14.5. The Labute approximate surface area is 146 Å². The van der Waals surface area contributed by atoms with Gasteiger partial charge in [0.05, 0.1) is 19.4 Å². The predicted molar refractivity (Wildman–Crippen MR) is 97.2 cm³/mol. The lowest BCUT2D eigenvalue weighted by Crippen LogP contribution is -2.32. The van der Waals surface area contributed by atoms with Crippen LogP contribution in [-0.4, -0.2) is 15.8 Å². The molecule has 0 aliphatic heterocycles. The number of carbonyl (C=O) groups excluding carboxylic acids is 1. The van der Waals surface area contributed by atoms with E-state index in [9.17, 15) is 9.59 Å². The fourth-order valence-corrected chi connectivity index (χ4v) is 2.88. The Morgan fingerprint density at radius 2 is 2.04 bits per heavy atom. The van der Waals surface area contributed by atoms with Gasteiger partial charge in [-0.25, -0.2) is 0 Å². The number of pyridine rings is 1. The molecule has 0 fully saturated rings. The van der Waals surface area contributed by atoms with Crippen LogP contribution in [0.5, 0.6) is 0 Å². The van der Waals surface area contributed by atoms with Crippen LogP contribution in [0.4, 0.5) is 0 Å². The first-order chi connectivity index (χ1) is 12.1. The number of benzene rings is 1. The third-order valence-corrected chi connectivity index (χ3v) is 4.18. The minimum absolute atomic E-state index is 0.0160. The molecule has 1 aromatic carbocycles. The Bertz CT molecular complexity index is 926. The number of rotatable bonds is 6. The van der Waals surface area contributed by atoms with E-state index in [0.29, 0.717) is 24.3 Å². The highest BCUT2D eigenvalue weighted by atomic mass is 16.3. The molecule has 2 heterocycles. The smallest absolute Gasteiger partial charge is 0.253 e. The van der Waals surface area contributed by atoms with Gasteiger partial charge in [-0.2, -0.15) is 0 Å². The molecule has 0 atom stereocenters. The van der Waals surface area contributed by atoms with Gasteiger partial charge in [0.25, 0.3) is 5.56 Å². The van der Waals surface area contributed by atoms with Crippen LogP contribution in [-0.2, 0) is 17.9 Å². The summed E-state index contributed by atoms with van der Waals surface area (Å²) in [4.78, 5) is 29.5. The molecular weight excluding hydrogens is 316 g/mol. The molecule has 5 nitrogen and oxygen atoms in total. The van der Waals surface area contributed by atoms with Crippen LogP contribution >= 0.6 is 0 Å². The number of amides is 1. The van der Waals surface area contributed by atoms with Crippen LogP contribution in [0.25, 0.3) is 10.9 Å². The summed E-state index contributed by atoms with van der Waals surface area (Å²) in [6, 6.07) is 11.4. The van der Waals surface area contributed by atoms with E-state index in [-0.39, 0.29) is 18.0 Å². The van der Waals surface area contributed by atoms with Gasteiger partial charge >= 0.3 is 0 Å². The standard InChI is InChI=1S/C20H22N2O3/c1-3-5-19(23)22(13-17-6-4-9-25-17)12-16-11-15-8-7-14(2)10-18(15)21-20(16)24/h4,6-11H,3,5,12-13H2,1-2H3,(H,21,24). The van der Waals surface area contributed by atoms with Gasteiger partial charge in [-0.05, 0) is 48.6 Å². The van der Waals surface area contributed by atoms with Gasteiger partial charge in [0.1, 0.15) is 5.76 Å². The maximum Gasteiger partial charge on any atom is 0.253 e. The number of furan rings is 1. The molecule has 130 valence electrons. The van der Waals surface area contributed by atoms with Gasteiger partial charge in [-0.15, -0.1) is 0 Å². The number of nitrogens with one attached hydrogen (secondary N) is 1. The van der Waals surface area contributed by atoms with Gasteiger partial charge in [-0.1, -0.05) is 19.1 Å². The van der Waals surface area contributed by atoms with Crippen molar-refractivity contribution in [2.75, 3.05) is 0 Å². The number of nitrogens with zero attached hydrogens (tertiary/aromatic N) is 1. The molecule has 0 unspecified atom stereocenters. The molecular formula is C20H22N2O3. The fourth-order valence-electron chi connectivity index (χ4n) is 2.88. The summed E-state index contributed by atoms with van der Waals surface area (Å²) in [5, 5.41) is 0.959. The van der Waals surface area contributed by atoms with Crippen molar-refractivity contribution < 1.29 is 9.21 Å². The third kappa shape index (κ3) is 3.99. The Hall–Kier alpha value is -2.82. The van der Waals surface area contributed by atoms with Crippen molar-refractivity contribution >= 4 is 16.8 Å². The second-order valence-electron chi connectivity index (χ2n) is 6.29. The van der Waals surface area contributed by atoms with E-state index in [4.69, 9.17) is 4.42 Å². The normalized spacial score (nSPS) is 11.0. The maximum atomic E-state index is 12.5. The first-order valence-corrected chi connectivity index (χ1v) is 8.49. The molecule has 5 heteroatoms. The molecule has 3 rings (SSSR count). The molecule has 0 aliphatic carbocycles. The number of hydrogen-bond donors (Lipinski definition) is 1. The average molecular weight is 338 g/mol. The maximum absolute atomic E-state index is 12.5. The van der Waals surface area contributed by atoms with Crippen LogP contribution in [0.3, 0.4) is 0 Å². The van der Waals surface area contributed by atoms with Gasteiger partial charge in [0.2, 0.25) is 5.91 Å². The van der Waals surface area contributed by atoms with Crippen molar-refractivity contribution in [3.05, 3.63) is 69.9 Å². The summed E-state index contributed by atoms with van der Waals surface area (Å²) < 4.78 is 5.36. The van der Waals surface area contributed by atoms with Crippen molar-refractivity contribution in [3.8, 4) is 0 Å². The topological polar surface area (TPSA) is 66.3 Å². The molecule has 3 aromatic rings.